The molecule has 0 unspecified atom stereocenters. The van der Waals surface area contributed by atoms with E-state index in [0.29, 0.717) is 12.3 Å². The molecule has 0 aromatic carbocycles. The van der Waals surface area contributed by atoms with E-state index in [1.54, 1.807) is 0 Å². The molecule has 11 heteroatoms. The summed E-state index contributed by atoms with van der Waals surface area (Å²) in [6, 6.07) is 1.74. The molecule has 0 saturated carbocycles. The minimum Gasteiger partial charge on any atom is -0.452 e. The van der Waals surface area contributed by atoms with Crippen LogP contribution in [-0.2, 0) is 23.1 Å². The molecule has 116 valence electrons. The molecular weight excluding hydrogens is 364 g/mol. The van der Waals surface area contributed by atoms with Gasteiger partial charge in [-0.3, -0.25) is 0 Å². The van der Waals surface area contributed by atoms with Crippen molar-refractivity contribution >= 4 is 26.0 Å². The lowest BCUT2D eigenvalue weighted by molar-refractivity contribution is 0.447. The summed E-state index contributed by atoms with van der Waals surface area (Å²) in [5, 5.41) is 16.1. The molecule has 2 aromatic rings. The van der Waals surface area contributed by atoms with Gasteiger partial charge in [-0.1, -0.05) is 19.1 Å². The first-order valence-electron chi connectivity index (χ1n) is 6.12. The molecule has 0 bridgehead atoms. The van der Waals surface area contributed by atoms with E-state index < -0.39 is 10.0 Å². The van der Waals surface area contributed by atoms with Gasteiger partial charge in [0, 0.05) is 12.1 Å². The fourth-order valence-electron chi connectivity index (χ4n) is 1.47. The highest BCUT2D eigenvalue weighted by Gasteiger charge is 2.22. The number of nitrogens with zero attached hydrogens (tertiary/aromatic N) is 3. The fourth-order valence-corrected chi connectivity index (χ4v) is 3.44. The second-order valence-electron chi connectivity index (χ2n) is 4.54. The van der Waals surface area contributed by atoms with Gasteiger partial charge < -0.3 is 9.73 Å². The predicted molar refractivity (Wildman–Crippen MR) is 76.6 cm³/mol. The van der Waals surface area contributed by atoms with E-state index in [1.165, 1.54) is 6.07 Å². The third-order valence-electron chi connectivity index (χ3n) is 2.49. The number of hydrogen-bond acceptors (Lipinski definition) is 7. The summed E-state index contributed by atoms with van der Waals surface area (Å²) in [5.41, 5.74) is 0. The van der Waals surface area contributed by atoms with Gasteiger partial charge in [0.15, 0.2) is 10.5 Å². The fraction of sp³-hybridized carbons (Fsp3) is 0.500. The van der Waals surface area contributed by atoms with Crippen LogP contribution in [0.3, 0.4) is 0 Å². The van der Waals surface area contributed by atoms with Crippen molar-refractivity contribution < 1.29 is 12.8 Å². The van der Waals surface area contributed by atoms with E-state index >= 15 is 0 Å². The van der Waals surface area contributed by atoms with Crippen molar-refractivity contribution in [3.05, 3.63) is 22.3 Å². The summed E-state index contributed by atoms with van der Waals surface area (Å²) in [4.78, 5) is 0.0338. The second-order valence-corrected chi connectivity index (χ2v) is 6.99. The van der Waals surface area contributed by atoms with Crippen LogP contribution in [0.1, 0.15) is 25.4 Å². The lowest BCUT2D eigenvalue weighted by atomic mass is 10.3. The Morgan fingerprint density at radius 3 is 2.81 bits per heavy atom. The monoisotopic (exact) mass is 378 g/mol. The number of rotatable bonds is 7. The largest absolute Gasteiger partial charge is 0.452 e. The van der Waals surface area contributed by atoms with Crippen LogP contribution in [0.4, 0.5) is 0 Å². The van der Waals surface area contributed by atoms with Crippen LogP contribution in [0.15, 0.2) is 20.0 Å². The Bertz CT molecular complexity index is 682. The number of H-pyrrole nitrogens is 1. The number of furan rings is 1. The van der Waals surface area contributed by atoms with Crippen molar-refractivity contribution in [3.63, 3.8) is 0 Å². The van der Waals surface area contributed by atoms with Crippen molar-refractivity contribution in [3.8, 4) is 0 Å². The first-order chi connectivity index (χ1) is 9.88. The third kappa shape index (κ3) is 4.33. The molecular formula is C10H15BrN6O3S. The van der Waals surface area contributed by atoms with E-state index in [-0.39, 0.29) is 28.0 Å². The van der Waals surface area contributed by atoms with Gasteiger partial charge in [0.2, 0.25) is 10.0 Å². The number of aromatic nitrogens is 4. The van der Waals surface area contributed by atoms with E-state index in [1.807, 2.05) is 13.8 Å². The van der Waals surface area contributed by atoms with E-state index in [4.69, 9.17) is 4.42 Å². The van der Waals surface area contributed by atoms with Crippen molar-refractivity contribution in [2.24, 2.45) is 0 Å². The molecule has 0 atom stereocenters. The standard InChI is InChI=1S/C10H15BrN6O3S/c1-6(2)12-4-7-3-8(10(11)20-7)21(18,19)13-5-9-14-16-17-15-9/h3,6,12-13H,4-5H2,1-2H3,(H,14,15,16,17). The maximum absolute atomic E-state index is 12.2. The van der Waals surface area contributed by atoms with Gasteiger partial charge in [0.05, 0.1) is 13.1 Å². The highest BCUT2D eigenvalue weighted by Crippen LogP contribution is 2.26. The smallest absolute Gasteiger partial charge is 0.245 e. The quantitative estimate of drug-likeness (QED) is 0.641. The number of hydrogen-bond donors (Lipinski definition) is 3. The average Bonchev–Trinajstić information content (AvgIpc) is 3.03. The van der Waals surface area contributed by atoms with Crippen LogP contribution in [0.5, 0.6) is 0 Å². The number of sulfonamides is 1. The van der Waals surface area contributed by atoms with Gasteiger partial charge in [-0.05, 0) is 15.9 Å². The minimum atomic E-state index is -3.72. The van der Waals surface area contributed by atoms with Crippen molar-refractivity contribution in [1.82, 2.24) is 30.7 Å². The van der Waals surface area contributed by atoms with Crippen molar-refractivity contribution in [2.45, 2.75) is 37.9 Å². The number of nitrogens with one attached hydrogen (secondary N) is 3. The number of halogens is 1. The normalized spacial score (nSPS) is 12.2. The Kier molecular flexibility index (Phi) is 5.08. The van der Waals surface area contributed by atoms with E-state index in [9.17, 15) is 8.42 Å². The minimum absolute atomic E-state index is 0.0338. The first-order valence-corrected chi connectivity index (χ1v) is 8.39. The highest BCUT2D eigenvalue weighted by molar-refractivity contribution is 9.10. The Balaban J connectivity index is 2.08. The Labute approximate surface area is 130 Å². The maximum Gasteiger partial charge on any atom is 0.245 e. The molecule has 2 rings (SSSR count). The Morgan fingerprint density at radius 1 is 1.43 bits per heavy atom. The Morgan fingerprint density at radius 2 is 2.19 bits per heavy atom. The van der Waals surface area contributed by atoms with Gasteiger partial charge in [-0.25, -0.2) is 13.1 Å². The molecule has 0 saturated heterocycles. The molecule has 0 aliphatic heterocycles. The van der Waals surface area contributed by atoms with Crippen LogP contribution in [-0.4, -0.2) is 35.1 Å². The van der Waals surface area contributed by atoms with E-state index in [0.717, 1.165) is 0 Å². The summed E-state index contributed by atoms with van der Waals surface area (Å²) in [6.07, 6.45) is 0. The molecule has 0 aliphatic carbocycles. The zero-order valence-corrected chi connectivity index (χ0v) is 13.8. The van der Waals surface area contributed by atoms with Crippen molar-refractivity contribution in [2.75, 3.05) is 0 Å². The summed E-state index contributed by atoms with van der Waals surface area (Å²) in [6.45, 7) is 4.36. The maximum atomic E-state index is 12.2. The van der Waals surface area contributed by atoms with Crippen LogP contribution in [0.25, 0.3) is 0 Å². The van der Waals surface area contributed by atoms with Gasteiger partial charge in [-0.2, -0.15) is 5.21 Å². The molecule has 9 nitrogen and oxygen atoms in total. The molecule has 2 aromatic heterocycles. The summed E-state index contributed by atoms with van der Waals surface area (Å²) in [7, 11) is -3.72. The molecule has 0 aliphatic rings. The zero-order chi connectivity index (χ0) is 15.5. The first kappa shape index (κ1) is 16.1. The molecule has 3 N–H and O–H groups in total. The lowest BCUT2D eigenvalue weighted by Gasteiger charge is -2.04. The van der Waals surface area contributed by atoms with Gasteiger partial charge >= 0.3 is 0 Å². The third-order valence-corrected chi connectivity index (χ3v) is 4.75. The van der Waals surface area contributed by atoms with Crippen LogP contribution < -0.4 is 10.0 Å². The zero-order valence-electron chi connectivity index (χ0n) is 11.4. The van der Waals surface area contributed by atoms with Gasteiger partial charge in [-0.15, -0.1) is 10.2 Å². The number of aromatic amines is 1. The molecule has 0 fully saturated rings. The summed E-state index contributed by atoms with van der Waals surface area (Å²) < 4.78 is 32.3. The number of tetrazole rings is 1. The molecule has 0 amide bonds. The summed E-state index contributed by atoms with van der Waals surface area (Å²) >= 11 is 3.12. The van der Waals surface area contributed by atoms with Crippen molar-refractivity contribution in [1.29, 1.82) is 0 Å². The highest BCUT2D eigenvalue weighted by atomic mass is 79.9. The molecule has 0 radical (unpaired) electrons. The average molecular weight is 379 g/mol. The van der Waals surface area contributed by atoms with Crippen LogP contribution in [0, 0.1) is 0 Å². The van der Waals surface area contributed by atoms with Crippen LogP contribution in [0.2, 0.25) is 0 Å². The Hall–Kier alpha value is -1.30. The van der Waals surface area contributed by atoms with E-state index in [2.05, 4.69) is 46.6 Å². The SMILES string of the molecule is CC(C)NCc1cc(S(=O)(=O)NCc2nn[nH]n2)c(Br)o1. The summed E-state index contributed by atoms with van der Waals surface area (Å²) in [5.74, 6) is 0.774. The van der Waals surface area contributed by atoms with Gasteiger partial charge in [0.25, 0.3) is 0 Å². The molecule has 0 spiro atoms. The second kappa shape index (κ2) is 6.64. The lowest BCUT2D eigenvalue weighted by Crippen LogP contribution is -2.24. The molecule has 2 heterocycles. The topological polar surface area (TPSA) is 126 Å². The van der Waals surface area contributed by atoms with Gasteiger partial charge in [0.1, 0.15) is 10.7 Å². The molecule has 21 heavy (non-hydrogen) atoms. The predicted octanol–water partition coefficient (Wildman–Crippen LogP) is 0.532. The van der Waals surface area contributed by atoms with Crippen LogP contribution >= 0.6 is 15.9 Å².